The molecule has 0 heterocycles. The average molecular weight is 206 g/mol. The van der Waals surface area contributed by atoms with Crippen LogP contribution in [0.25, 0.3) is 10.8 Å². The van der Waals surface area contributed by atoms with E-state index in [0.717, 1.165) is 16.3 Å². The van der Waals surface area contributed by atoms with Gasteiger partial charge in [0.25, 0.3) is 0 Å². The van der Waals surface area contributed by atoms with E-state index in [0.29, 0.717) is 4.90 Å². The number of hydrogen-bond acceptors (Lipinski definition) is 1. The quantitative estimate of drug-likeness (QED) is 0.728. The minimum Gasteiger partial charge on any atom is -0.302 e. The van der Waals surface area contributed by atoms with E-state index in [1.165, 1.54) is 0 Å². The maximum Gasteiger partial charge on any atom is 0.187 e. The Balaban J connectivity index is 2.88. The van der Waals surface area contributed by atoms with Crippen LogP contribution in [0, 0.1) is 6.92 Å². The molecule has 3 heteroatoms. The fourth-order valence-corrected chi connectivity index (χ4v) is 2.12. The van der Waals surface area contributed by atoms with Crippen LogP contribution in [0.15, 0.2) is 41.3 Å². The van der Waals surface area contributed by atoms with E-state index in [1.54, 1.807) is 6.07 Å². The topological polar surface area (TPSA) is 37.3 Å². The molecule has 0 amide bonds. The minimum atomic E-state index is -1.91. The van der Waals surface area contributed by atoms with Crippen LogP contribution in [0.2, 0.25) is 0 Å². The van der Waals surface area contributed by atoms with Gasteiger partial charge in [0.15, 0.2) is 11.1 Å². The molecule has 1 unspecified atom stereocenters. The maximum atomic E-state index is 11.0. The molecule has 72 valence electrons. The normalized spacial score (nSPS) is 13.0. The summed E-state index contributed by atoms with van der Waals surface area (Å²) in [5, 5.41) is 1.89. The summed E-state index contributed by atoms with van der Waals surface area (Å²) < 4.78 is 20.1. The Morgan fingerprint density at radius 3 is 2.36 bits per heavy atom. The summed E-state index contributed by atoms with van der Waals surface area (Å²) in [4.78, 5) is 0.478. The zero-order valence-electron chi connectivity index (χ0n) is 7.73. The molecule has 2 aromatic carbocycles. The summed E-state index contributed by atoms with van der Waals surface area (Å²) in [7, 11) is 0. The van der Waals surface area contributed by atoms with E-state index in [2.05, 4.69) is 0 Å². The Morgan fingerprint density at radius 1 is 1.07 bits per heavy atom. The van der Waals surface area contributed by atoms with Crippen molar-refractivity contribution in [3.05, 3.63) is 42.0 Å². The first-order valence-electron chi connectivity index (χ1n) is 4.29. The maximum absolute atomic E-state index is 11.0. The molecule has 1 atom stereocenters. The molecule has 0 saturated carbocycles. The standard InChI is InChI=1S/C11H10O2S/c1-8-6-7-11(14(12)13)10-5-3-2-4-9(8)10/h2-7H,1H3,(H,12,13). The molecular formula is C11H10O2S. The van der Waals surface area contributed by atoms with Crippen LogP contribution in [-0.4, -0.2) is 8.76 Å². The molecule has 0 fully saturated rings. The lowest BCUT2D eigenvalue weighted by molar-refractivity contribution is 0.565. The van der Waals surface area contributed by atoms with Crippen molar-refractivity contribution in [3.8, 4) is 0 Å². The van der Waals surface area contributed by atoms with Crippen molar-refractivity contribution in [2.24, 2.45) is 0 Å². The first-order valence-corrected chi connectivity index (χ1v) is 5.40. The van der Waals surface area contributed by atoms with Gasteiger partial charge in [0.2, 0.25) is 0 Å². The highest BCUT2D eigenvalue weighted by Gasteiger charge is 2.06. The monoisotopic (exact) mass is 206 g/mol. The Hall–Kier alpha value is -1.19. The molecule has 0 aliphatic heterocycles. The van der Waals surface area contributed by atoms with Gasteiger partial charge in [-0.05, 0) is 23.9 Å². The summed E-state index contributed by atoms with van der Waals surface area (Å²) in [6, 6.07) is 11.2. The van der Waals surface area contributed by atoms with Gasteiger partial charge in [0.05, 0.1) is 4.90 Å². The van der Waals surface area contributed by atoms with Crippen LogP contribution in [0.4, 0.5) is 0 Å². The van der Waals surface area contributed by atoms with Crippen molar-refractivity contribution in [2.75, 3.05) is 0 Å². The summed E-state index contributed by atoms with van der Waals surface area (Å²) in [6.07, 6.45) is 0. The lowest BCUT2D eigenvalue weighted by atomic mass is 10.1. The highest BCUT2D eigenvalue weighted by atomic mass is 32.2. The summed E-state index contributed by atoms with van der Waals surface area (Å²) in [5.41, 5.74) is 1.12. The SMILES string of the molecule is Cc1ccc(S(=O)O)c2ccccc12. The van der Waals surface area contributed by atoms with Crippen molar-refractivity contribution in [3.63, 3.8) is 0 Å². The molecule has 14 heavy (non-hydrogen) atoms. The average Bonchev–Trinajstić information content (AvgIpc) is 2.18. The molecule has 0 aromatic heterocycles. The second kappa shape index (κ2) is 3.52. The first-order chi connectivity index (χ1) is 6.70. The largest absolute Gasteiger partial charge is 0.302 e. The summed E-state index contributed by atoms with van der Waals surface area (Å²) in [6.45, 7) is 1.99. The van der Waals surface area contributed by atoms with E-state index in [-0.39, 0.29) is 0 Å². The van der Waals surface area contributed by atoms with E-state index >= 15 is 0 Å². The zero-order valence-corrected chi connectivity index (χ0v) is 8.54. The van der Waals surface area contributed by atoms with Crippen LogP contribution in [0.1, 0.15) is 5.56 Å². The summed E-state index contributed by atoms with van der Waals surface area (Å²) in [5.74, 6) is 0. The van der Waals surface area contributed by atoms with Gasteiger partial charge in [-0.15, -0.1) is 0 Å². The van der Waals surface area contributed by atoms with Crippen LogP contribution in [0.3, 0.4) is 0 Å². The van der Waals surface area contributed by atoms with Crippen molar-refractivity contribution >= 4 is 21.9 Å². The Morgan fingerprint density at radius 2 is 1.71 bits per heavy atom. The number of fused-ring (bicyclic) bond motifs is 1. The third-order valence-electron chi connectivity index (χ3n) is 2.29. The molecule has 0 radical (unpaired) electrons. The molecule has 0 aliphatic rings. The third-order valence-corrected chi connectivity index (χ3v) is 3.02. The first kappa shape index (κ1) is 9.37. The molecule has 0 aliphatic carbocycles. The van der Waals surface area contributed by atoms with E-state index in [9.17, 15) is 4.21 Å². The van der Waals surface area contributed by atoms with Crippen LogP contribution < -0.4 is 0 Å². The molecule has 0 bridgehead atoms. The van der Waals surface area contributed by atoms with Crippen molar-refractivity contribution in [2.45, 2.75) is 11.8 Å². The van der Waals surface area contributed by atoms with E-state index in [4.69, 9.17) is 4.55 Å². The third kappa shape index (κ3) is 1.45. The van der Waals surface area contributed by atoms with Gasteiger partial charge in [0.1, 0.15) is 0 Å². The smallest absolute Gasteiger partial charge is 0.187 e. The van der Waals surface area contributed by atoms with E-state index in [1.807, 2.05) is 37.3 Å². The highest BCUT2D eigenvalue weighted by molar-refractivity contribution is 7.79. The molecule has 0 spiro atoms. The molecule has 1 N–H and O–H groups in total. The molecule has 2 aromatic rings. The van der Waals surface area contributed by atoms with Crippen molar-refractivity contribution in [1.29, 1.82) is 0 Å². The number of benzene rings is 2. The van der Waals surface area contributed by atoms with Gasteiger partial charge >= 0.3 is 0 Å². The Kier molecular flexibility index (Phi) is 2.35. The fourth-order valence-electron chi connectivity index (χ4n) is 1.57. The molecule has 2 rings (SSSR count). The van der Waals surface area contributed by atoms with Crippen LogP contribution in [-0.2, 0) is 11.1 Å². The van der Waals surface area contributed by atoms with Crippen LogP contribution in [0.5, 0.6) is 0 Å². The summed E-state index contributed by atoms with van der Waals surface area (Å²) >= 11 is -1.91. The van der Waals surface area contributed by atoms with Crippen LogP contribution >= 0.6 is 0 Å². The molecule has 2 nitrogen and oxygen atoms in total. The Bertz CT molecular complexity index is 506. The highest BCUT2D eigenvalue weighted by Crippen LogP contribution is 2.23. The van der Waals surface area contributed by atoms with Crippen molar-refractivity contribution < 1.29 is 8.76 Å². The van der Waals surface area contributed by atoms with Gasteiger partial charge in [-0.25, -0.2) is 4.21 Å². The lowest BCUT2D eigenvalue weighted by Crippen LogP contribution is -1.91. The predicted molar refractivity (Wildman–Crippen MR) is 57.7 cm³/mol. The second-order valence-electron chi connectivity index (χ2n) is 3.18. The molecular weight excluding hydrogens is 196 g/mol. The van der Waals surface area contributed by atoms with Gasteiger partial charge < -0.3 is 4.55 Å². The number of rotatable bonds is 1. The predicted octanol–water partition coefficient (Wildman–Crippen LogP) is 2.73. The lowest BCUT2D eigenvalue weighted by Gasteiger charge is -2.04. The molecule has 0 saturated heterocycles. The van der Waals surface area contributed by atoms with Gasteiger partial charge in [0, 0.05) is 5.39 Å². The van der Waals surface area contributed by atoms with Gasteiger partial charge in [-0.2, -0.15) is 0 Å². The van der Waals surface area contributed by atoms with E-state index < -0.39 is 11.1 Å². The van der Waals surface area contributed by atoms with Gasteiger partial charge in [-0.1, -0.05) is 30.3 Å². The van der Waals surface area contributed by atoms with Crippen molar-refractivity contribution in [1.82, 2.24) is 0 Å². The number of aryl methyl sites for hydroxylation is 1. The second-order valence-corrected chi connectivity index (χ2v) is 4.11. The van der Waals surface area contributed by atoms with Gasteiger partial charge in [-0.3, -0.25) is 0 Å². The minimum absolute atomic E-state index is 0.478. The Labute approximate surface area is 84.9 Å². The number of hydrogen-bond donors (Lipinski definition) is 1. The fraction of sp³-hybridized carbons (Fsp3) is 0.0909. The zero-order chi connectivity index (χ0) is 10.1.